The van der Waals surface area contributed by atoms with Crippen LogP contribution in [0.3, 0.4) is 0 Å². The van der Waals surface area contributed by atoms with Gasteiger partial charge in [0.25, 0.3) is 0 Å². The van der Waals surface area contributed by atoms with E-state index in [4.69, 9.17) is 4.74 Å². The molecule has 3 nitrogen and oxygen atoms in total. The summed E-state index contributed by atoms with van der Waals surface area (Å²) in [5.74, 6) is 0.324. The minimum absolute atomic E-state index is 0.243. The maximum absolute atomic E-state index is 12.1. The second-order valence-corrected chi connectivity index (χ2v) is 5.59. The molecule has 0 N–H and O–H groups in total. The summed E-state index contributed by atoms with van der Waals surface area (Å²) in [6.45, 7) is 5.33. The summed E-state index contributed by atoms with van der Waals surface area (Å²) in [7, 11) is 1.45. The van der Waals surface area contributed by atoms with Crippen molar-refractivity contribution in [3.05, 3.63) is 35.0 Å². The molecule has 0 fully saturated rings. The number of carbonyl (C=O) groups excluding carboxylic acids is 1. The SMILES string of the molecule is CCn1c2c(c3cccc(C(=O)OC)c31)CCCC2C. The molecule has 1 atom stereocenters. The molecule has 20 heavy (non-hydrogen) atoms. The van der Waals surface area contributed by atoms with E-state index in [0.717, 1.165) is 18.5 Å². The lowest BCUT2D eigenvalue weighted by Crippen LogP contribution is -2.12. The van der Waals surface area contributed by atoms with Gasteiger partial charge in [0.05, 0.1) is 18.2 Å². The van der Waals surface area contributed by atoms with Crippen LogP contribution in [0.25, 0.3) is 10.9 Å². The topological polar surface area (TPSA) is 31.2 Å². The number of esters is 1. The molecule has 3 heteroatoms. The molecule has 1 aliphatic carbocycles. The number of para-hydroxylation sites is 1. The highest BCUT2D eigenvalue weighted by molar-refractivity contribution is 6.04. The number of nitrogens with zero attached hydrogens (tertiary/aromatic N) is 1. The number of aryl methyl sites for hydroxylation is 2. The van der Waals surface area contributed by atoms with Gasteiger partial charge in [-0.25, -0.2) is 4.79 Å². The maximum atomic E-state index is 12.1. The lowest BCUT2D eigenvalue weighted by Gasteiger charge is -2.22. The molecular weight excluding hydrogens is 250 g/mol. The van der Waals surface area contributed by atoms with Gasteiger partial charge < -0.3 is 9.30 Å². The number of methoxy groups -OCH3 is 1. The molecule has 0 saturated heterocycles. The van der Waals surface area contributed by atoms with Gasteiger partial charge >= 0.3 is 5.97 Å². The van der Waals surface area contributed by atoms with Crippen LogP contribution in [0.1, 0.15) is 54.2 Å². The van der Waals surface area contributed by atoms with E-state index in [9.17, 15) is 4.79 Å². The third-order valence-corrected chi connectivity index (χ3v) is 4.48. The first-order valence-electron chi connectivity index (χ1n) is 7.41. The molecule has 0 spiro atoms. The van der Waals surface area contributed by atoms with Gasteiger partial charge in [0.1, 0.15) is 0 Å². The maximum Gasteiger partial charge on any atom is 0.340 e. The van der Waals surface area contributed by atoms with Crippen LogP contribution >= 0.6 is 0 Å². The predicted molar refractivity (Wildman–Crippen MR) is 80.3 cm³/mol. The van der Waals surface area contributed by atoms with E-state index in [1.165, 1.54) is 36.6 Å². The van der Waals surface area contributed by atoms with Crippen LogP contribution in [0.5, 0.6) is 0 Å². The van der Waals surface area contributed by atoms with Crippen LogP contribution in [0.15, 0.2) is 18.2 Å². The minimum Gasteiger partial charge on any atom is -0.465 e. The van der Waals surface area contributed by atoms with Crippen molar-refractivity contribution >= 4 is 16.9 Å². The van der Waals surface area contributed by atoms with E-state index in [0.29, 0.717) is 11.5 Å². The highest BCUT2D eigenvalue weighted by Gasteiger charge is 2.26. The lowest BCUT2D eigenvalue weighted by atomic mass is 9.88. The van der Waals surface area contributed by atoms with Gasteiger partial charge in [-0.1, -0.05) is 19.1 Å². The van der Waals surface area contributed by atoms with Gasteiger partial charge in [-0.3, -0.25) is 0 Å². The molecule has 1 aliphatic rings. The Hall–Kier alpha value is -1.77. The standard InChI is InChI=1S/C17H21NO2/c1-4-18-15-11(2)7-5-8-12(15)13-9-6-10-14(16(13)18)17(19)20-3/h6,9-11H,4-5,7-8H2,1-3H3. The van der Waals surface area contributed by atoms with Gasteiger partial charge in [0, 0.05) is 17.6 Å². The molecule has 2 aromatic rings. The van der Waals surface area contributed by atoms with Gasteiger partial charge in [0.2, 0.25) is 0 Å². The zero-order chi connectivity index (χ0) is 14.3. The second-order valence-electron chi connectivity index (χ2n) is 5.59. The van der Waals surface area contributed by atoms with Crippen LogP contribution in [0.4, 0.5) is 0 Å². The van der Waals surface area contributed by atoms with Gasteiger partial charge in [-0.15, -0.1) is 0 Å². The van der Waals surface area contributed by atoms with Crippen molar-refractivity contribution in [3.8, 4) is 0 Å². The van der Waals surface area contributed by atoms with Crippen molar-refractivity contribution in [2.45, 2.75) is 45.6 Å². The van der Waals surface area contributed by atoms with E-state index in [1.54, 1.807) is 0 Å². The van der Waals surface area contributed by atoms with Crippen LogP contribution in [0, 0.1) is 0 Å². The fraction of sp³-hybridized carbons (Fsp3) is 0.471. The number of ether oxygens (including phenoxy) is 1. The van der Waals surface area contributed by atoms with E-state index in [-0.39, 0.29) is 5.97 Å². The minimum atomic E-state index is -0.243. The normalized spacial score (nSPS) is 18.1. The van der Waals surface area contributed by atoms with E-state index in [2.05, 4.69) is 24.5 Å². The first kappa shape index (κ1) is 13.2. The summed E-state index contributed by atoms with van der Waals surface area (Å²) in [5.41, 5.74) is 4.60. The molecule has 1 aromatic carbocycles. The van der Waals surface area contributed by atoms with Crippen LogP contribution < -0.4 is 0 Å². The average molecular weight is 271 g/mol. The number of carbonyl (C=O) groups is 1. The Kier molecular flexibility index (Phi) is 3.28. The summed E-state index contributed by atoms with van der Waals surface area (Å²) >= 11 is 0. The fourth-order valence-corrected chi connectivity index (χ4v) is 3.65. The molecule has 106 valence electrons. The second kappa shape index (κ2) is 4.97. The first-order valence-corrected chi connectivity index (χ1v) is 7.41. The van der Waals surface area contributed by atoms with Gasteiger partial charge in [-0.2, -0.15) is 0 Å². The summed E-state index contributed by atoms with van der Waals surface area (Å²) < 4.78 is 7.27. The number of hydrogen-bond acceptors (Lipinski definition) is 2. The molecule has 1 heterocycles. The quantitative estimate of drug-likeness (QED) is 0.776. The summed E-state index contributed by atoms with van der Waals surface area (Å²) in [5, 5.41) is 1.23. The molecule has 3 rings (SSSR count). The van der Waals surface area contributed by atoms with Crippen LogP contribution in [-0.4, -0.2) is 17.6 Å². The van der Waals surface area contributed by atoms with E-state index in [1.807, 2.05) is 12.1 Å². The first-order chi connectivity index (χ1) is 9.69. The molecule has 0 bridgehead atoms. The number of fused-ring (bicyclic) bond motifs is 3. The third kappa shape index (κ3) is 1.76. The van der Waals surface area contributed by atoms with Crippen molar-refractivity contribution in [3.63, 3.8) is 0 Å². The highest BCUT2D eigenvalue weighted by atomic mass is 16.5. The van der Waals surface area contributed by atoms with Crippen LogP contribution in [-0.2, 0) is 17.7 Å². The Bertz CT molecular complexity index is 669. The molecule has 0 amide bonds. The largest absolute Gasteiger partial charge is 0.465 e. The van der Waals surface area contributed by atoms with Gasteiger partial charge in [0.15, 0.2) is 0 Å². The summed E-state index contributed by atoms with van der Waals surface area (Å²) in [4.78, 5) is 12.1. The zero-order valence-corrected chi connectivity index (χ0v) is 12.4. The highest BCUT2D eigenvalue weighted by Crippen LogP contribution is 2.39. The number of rotatable bonds is 2. The Balaban J connectivity index is 2.38. The Labute approximate surface area is 119 Å². The molecular formula is C17H21NO2. The third-order valence-electron chi connectivity index (χ3n) is 4.48. The predicted octanol–water partition coefficient (Wildman–Crippen LogP) is 3.89. The summed E-state index contributed by atoms with van der Waals surface area (Å²) in [6.07, 6.45) is 3.59. The molecule has 1 aromatic heterocycles. The zero-order valence-electron chi connectivity index (χ0n) is 12.4. The van der Waals surface area contributed by atoms with E-state index < -0.39 is 0 Å². The Morgan fingerprint density at radius 3 is 2.95 bits per heavy atom. The monoisotopic (exact) mass is 271 g/mol. The van der Waals surface area contributed by atoms with Crippen molar-refractivity contribution in [2.75, 3.05) is 7.11 Å². The Morgan fingerprint density at radius 2 is 2.25 bits per heavy atom. The number of benzene rings is 1. The summed E-state index contributed by atoms with van der Waals surface area (Å²) in [6, 6.07) is 5.98. The molecule has 0 saturated carbocycles. The van der Waals surface area contributed by atoms with Crippen molar-refractivity contribution < 1.29 is 9.53 Å². The number of aromatic nitrogens is 1. The molecule has 0 radical (unpaired) electrons. The van der Waals surface area contributed by atoms with Crippen LogP contribution in [0.2, 0.25) is 0 Å². The molecule has 0 aliphatic heterocycles. The van der Waals surface area contributed by atoms with Gasteiger partial charge in [-0.05, 0) is 43.7 Å². The van der Waals surface area contributed by atoms with E-state index >= 15 is 0 Å². The smallest absolute Gasteiger partial charge is 0.340 e. The number of hydrogen-bond donors (Lipinski definition) is 0. The van der Waals surface area contributed by atoms with Crippen molar-refractivity contribution in [2.24, 2.45) is 0 Å². The average Bonchev–Trinajstić information content (AvgIpc) is 2.81. The lowest BCUT2D eigenvalue weighted by molar-refractivity contribution is 0.0602. The van der Waals surface area contributed by atoms with Crippen molar-refractivity contribution in [1.82, 2.24) is 4.57 Å². The Morgan fingerprint density at radius 1 is 1.45 bits per heavy atom. The fourth-order valence-electron chi connectivity index (χ4n) is 3.65. The van der Waals surface area contributed by atoms with Crippen molar-refractivity contribution in [1.29, 1.82) is 0 Å². The molecule has 1 unspecified atom stereocenters.